The topological polar surface area (TPSA) is 29.9 Å². The lowest BCUT2D eigenvalue weighted by Crippen LogP contribution is -2.29. The van der Waals surface area contributed by atoms with Gasteiger partial charge >= 0.3 is 0 Å². The van der Waals surface area contributed by atoms with Crippen molar-refractivity contribution in [2.45, 2.75) is 19.4 Å². The van der Waals surface area contributed by atoms with Crippen molar-refractivity contribution in [1.82, 2.24) is 14.9 Å². The fraction of sp³-hybridized carbons (Fsp3) is 0.462. The van der Waals surface area contributed by atoms with Gasteiger partial charge in [0.2, 0.25) is 0 Å². The second-order valence-corrected chi connectivity index (χ2v) is 4.58. The zero-order chi connectivity index (χ0) is 10.8. The van der Waals surface area contributed by atoms with E-state index in [2.05, 4.69) is 33.2 Å². The van der Waals surface area contributed by atoms with Crippen LogP contribution in [0.5, 0.6) is 0 Å². The third-order valence-corrected chi connectivity index (χ3v) is 3.44. The Morgan fingerprint density at radius 3 is 2.78 bits per heavy atom. The minimum Gasteiger partial charge on any atom is -0.332 e. The van der Waals surface area contributed by atoms with Crippen LogP contribution in [0.15, 0.2) is 30.6 Å². The molecule has 5 heteroatoms. The average molecular weight is 288 g/mol. The molecule has 0 aliphatic carbocycles. The molecule has 3 rings (SSSR count). The number of rotatable bonds is 2. The summed E-state index contributed by atoms with van der Waals surface area (Å²) in [5, 5.41) is 4.65. The molecule has 100 valence electrons. The van der Waals surface area contributed by atoms with Crippen molar-refractivity contribution in [2.24, 2.45) is 5.92 Å². The number of fused-ring (bicyclic) bond motifs is 1. The van der Waals surface area contributed by atoms with Crippen LogP contribution in [0.25, 0.3) is 11.0 Å². The van der Waals surface area contributed by atoms with Crippen molar-refractivity contribution < 1.29 is 0 Å². The summed E-state index contributed by atoms with van der Waals surface area (Å²) in [7, 11) is 0. The van der Waals surface area contributed by atoms with Gasteiger partial charge in [-0.25, -0.2) is 4.98 Å². The van der Waals surface area contributed by atoms with Gasteiger partial charge in [-0.2, -0.15) is 0 Å². The van der Waals surface area contributed by atoms with Gasteiger partial charge in [-0.3, -0.25) is 0 Å². The molecule has 1 aliphatic heterocycles. The summed E-state index contributed by atoms with van der Waals surface area (Å²) >= 11 is 0. The van der Waals surface area contributed by atoms with Crippen LogP contribution >= 0.6 is 24.8 Å². The maximum absolute atomic E-state index is 4.45. The first kappa shape index (κ1) is 15.3. The summed E-state index contributed by atoms with van der Waals surface area (Å²) in [6, 6.07) is 6.28. The molecule has 2 aromatic heterocycles. The Bertz CT molecular complexity index is 478. The number of aromatic nitrogens is 2. The normalized spacial score (nSPS) is 16.0. The number of hydrogen-bond donors (Lipinski definition) is 1. The molecule has 2 aromatic rings. The van der Waals surface area contributed by atoms with Gasteiger partial charge in [0.05, 0.1) is 0 Å². The highest BCUT2D eigenvalue weighted by Crippen LogP contribution is 2.18. The van der Waals surface area contributed by atoms with Crippen molar-refractivity contribution in [1.29, 1.82) is 0 Å². The van der Waals surface area contributed by atoms with E-state index in [0.717, 1.165) is 31.2 Å². The van der Waals surface area contributed by atoms with Crippen LogP contribution in [0.3, 0.4) is 0 Å². The minimum atomic E-state index is 0. The molecule has 1 fully saturated rings. The first-order valence-corrected chi connectivity index (χ1v) is 6.04. The van der Waals surface area contributed by atoms with E-state index in [9.17, 15) is 0 Å². The van der Waals surface area contributed by atoms with Crippen LogP contribution in [0.2, 0.25) is 0 Å². The Morgan fingerprint density at radius 1 is 1.22 bits per heavy atom. The summed E-state index contributed by atoms with van der Waals surface area (Å²) in [5.74, 6) is 0.804. The van der Waals surface area contributed by atoms with Gasteiger partial charge in [0.1, 0.15) is 5.65 Å². The second-order valence-electron chi connectivity index (χ2n) is 4.58. The summed E-state index contributed by atoms with van der Waals surface area (Å²) in [6.45, 7) is 3.44. The predicted molar refractivity (Wildman–Crippen MR) is 79.8 cm³/mol. The number of hydrogen-bond acceptors (Lipinski definition) is 2. The van der Waals surface area contributed by atoms with E-state index in [0.29, 0.717) is 0 Å². The maximum atomic E-state index is 4.45. The minimum absolute atomic E-state index is 0. The standard InChI is InChI=1S/C13H17N3.2ClH/c1-2-12-5-9-16(13(12)15-6-1)10-11-3-7-14-8-4-11;;/h1-2,5-6,9,11,14H,3-4,7-8,10H2;2*1H. The highest BCUT2D eigenvalue weighted by Gasteiger charge is 2.14. The van der Waals surface area contributed by atoms with Gasteiger partial charge in [0.25, 0.3) is 0 Å². The fourth-order valence-electron chi connectivity index (χ4n) is 2.51. The van der Waals surface area contributed by atoms with Crippen LogP contribution in [0, 0.1) is 5.92 Å². The van der Waals surface area contributed by atoms with Crippen LogP contribution in [-0.2, 0) is 6.54 Å². The third kappa shape index (κ3) is 3.16. The molecule has 0 unspecified atom stereocenters. The Morgan fingerprint density at radius 2 is 2.00 bits per heavy atom. The Labute approximate surface area is 120 Å². The molecular formula is C13H19Cl2N3. The fourth-order valence-corrected chi connectivity index (χ4v) is 2.51. The molecule has 0 spiro atoms. The molecule has 18 heavy (non-hydrogen) atoms. The van der Waals surface area contributed by atoms with E-state index < -0.39 is 0 Å². The smallest absolute Gasteiger partial charge is 0.139 e. The first-order chi connectivity index (χ1) is 7.93. The predicted octanol–water partition coefficient (Wildman–Crippen LogP) is 2.88. The molecule has 0 amide bonds. The van der Waals surface area contributed by atoms with Crippen molar-refractivity contribution in [3.05, 3.63) is 30.6 Å². The molecular weight excluding hydrogens is 269 g/mol. The Hall–Kier alpha value is -0.770. The number of pyridine rings is 1. The van der Waals surface area contributed by atoms with Crippen LogP contribution in [0.4, 0.5) is 0 Å². The van der Waals surface area contributed by atoms with Crippen molar-refractivity contribution in [2.75, 3.05) is 13.1 Å². The second kappa shape index (κ2) is 6.98. The highest BCUT2D eigenvalue weighted by atomic mass is 35.5. The van der Waals surface area contributed by atoms with E-state index in [4.69, 9.17) is 0 Å². The highest BCUT2D eigenvalue weighted by molar-refractivity contribution is 5.85. The summed E-state index contributed by atoms with van der Waals surface area (Å²) < 4.78 is 2.30. The van der Waals surface area contributed by atoms with E-state index in [1.807, 2.05) is 12.3 Å². The van der Waals surface area contributed by atoms with E-state index in [1.165, 1.54) is 18.2 Å². The molecule has 1 saturated heterocycles. The molecule has 0 atom stereocenters. The number of nitrogens with zero attached hydrogens (tertiary/aromatic N) is 2. The van der Waals surface area contributed by atoms with Crippen molar-refractivity contribution >= 4 is 35.8 Å². The molecule has 0 radical (unpaired) electrons. The van der Waals surface area contributed by atoms with Crippen LogP contribution in [0.1, 0.15) is 12.8 Å². The largest absolute Gasteiger partial charge is 0.332 e. The monoisotopic (exact) mass is 287 g/mol. The lowest BCUT2D eigenvalue weighted by molar-refractivity contribution is 0.336. The molecule has 3 nitrogen and oxygen atoms in total. The van der Waals surface area contributed by atoms with Gasteiger partial charge in [-0.05, 0) is 50.0 Å². The summed E-state index contributed by atoms with van der Waals surface area (Å²) in [5.41, 5.74) is 1.13. The molecule has 1 N–H and O–H groups in total. The van der Waals surface area contributed by atoms with Crippen LogP contribution in [-0.4, -0.2) is 22.6 Å². The van der Waals surface area contributed by atoms with Crippen molar-refractivity contribution in [3.8, 4) is 0 Å². The third-order valence-electron chi connectivity index (χ3n) is 3.44. The van der Waals surface area contributed by atoms with Crippen molar-refractivity contribution in [3.63, 3.8) is 0 Å². The van der Waals surface area contributed by atoms with E-state index >= 15 is 0 Å². The van der Waals surface area contributed by atoms with Gasteiger partial charge in [0, 0.05) is 24.3 Å². The molecule has 0 bridgehead atoms. The summed E-state index contributed by atoms with van der Waals surface area (Å²) in [6.07, 6.45) is 6.61. The number of piperidine rings is 1. The molecule has 3 heterocycles. The lowest BCUT2D eigenvalue weighted by Gasteiger charge is -2.23. The Balaban J connectivity index is 0.000000810. The quantitative estimate of drug-likeness (QED) is 0.921. The average Bonchev–Trinajstić information content (AvgIpc) is 2.74. The molecule has 0 aromatic carbocycles. The van der Waals surface area contributed by atoms with E-state index in [1.54, 1.807) is 0 Å². The van der Waals surface area contributed by atoms with E-state index in [-0.39, 0.29) is 24.8 Å². The summed E-state index contributed by atoms with van der Waals surface area (Å²) in [4.78, 5) is 4.45. The molecule has 1 aliphatic rings. The van der Waals surface area contributed by atoms with Crippen LogP contribution < -0.4 is 5.32 Å². The SMILES string of the molecule is Cl.Cl.c1cnc2c(c1)ccn2CC1CCNCC1. The van der Waals surface area contributed by atoms with Gasteiger partial charge in [-0.15, -0.1) is 24.8 Å². The first-order valence-electron chi connectivity index (χ1n) is 6.04. The maximum Gasteiger partial charge on any atom is 0.139 e. The van der Waals surface area contributed by atoms with Gasteiger partial charge in [-0.1, -0.05) is 0 Å². The number of nitrogens with one attached hydrogen (secondary N) is 1. The molecule has 0 saturated carbocycles. The zero-order valence-electron chi connectivity index (χ0n) is 10.2. The zero-order valence-corrected chi connectivity index (χ0v) is 11.8. The number of halogens is 2. The Kier molecular flexibility index (Phi) is 5.93. The lowest BCUT2D eigenvalue weighted by atomic mass is 9.98. The van der Waals surface area contributed by atoms with Gasteiger partial charge < -0.3 is 9.88 Å². The van der Waals surface area contributed by atoms with Gasteiger partial charge in [0.15, 0.2) is 0 Å².